The number of fused-ring (bicyclic) bond motifs is 1. The number of hydrogen-bond donors (Lipinski definition) is 1. The Bertz CT molecular complexity index is 1200. The van der Waals surface area contributed by atoms with E-state index in [-0.39, 0.29) is 11.7 Å². The number of nitrogens with one attached hydrogen (secondary N) is 1. The highest BCUT2D eigenvalue weighted by molar-refractivity contribution is 7.99. The van der Waals surface area contributed by atoms with Gasteiger partial charge in [0.1, 0.15) is 11.5 Å². The number of carbonyl (C=O) groups is 1. The Hall–Kier alpha value is -3.58. The number of hydrazone groups is 1. The monoisotopic (exact) mass is 430 g/mol. The third-order valence-corrected chi connectivity index (χ3v) is 5.53. The van der Waals surface area contributed by atoms with Crippen molar-refractivity contribution in [2.75, 3.05) is 5.75 Å². The molecule has 31 heavy (non-hydrogen) atoms. The fourth-order valence-corrected chi connectivity index (χ4v) is 3.97. The van der Waals surface area contributed by atoms with Crippen molar-refractivity contribution in [2.24, 2.45) is 5.10 Å². The van der Waals surface area contributed by atoms with E-state index in [1.807, 2.05) is 78.9 Å². The van der Waals surface area contributed by atoms with Gasteiger partial charge in [-0.1, -0.05) is 54.2 Å². The molecule has 0 spiro atoms. The number of imidazole rings is 1. The average Bonchev–Trinajstić information content (AvgIpc) is 3.17. The standard InChI is InChI=1S/C24H22N4O2S/c1-2-28-21-14-8-7-13-20(21)26-24(28)31-17-23(29)27-25-16-18-10-6-9-15-22(18)30-19-11-4-3-5-12-19/h3-16H,2,17H2,1H3,(H,27,29)/b25-16-. The van der Waals surface area contributed by atoms with Crippen LogP contribution in [0, 0.1) is 0 Å². The first kappa shape index (κ1) is 20.7. The first-order valence-corrected chi connectivity index (χ1v) is 10.9. The fraction of sp³-hybridized carbons (Fsp3) is 0.125. The van der Waals surface area contributed by atoms with Crippen LogP contribution in [0.15, 0.2) is 89.1 Å². The highest BCUT2D eigenvalue weighted by Crippen LogP contribution is 2.25. The van der Waals surface area contributed by atoms with Crippen molar-refractivity contribution >= 4 is 34.9 Å². The molecule has 6 nitrogen and oxygen atoms in total. The Kier molecular flexibility index (Phi) is 6.64. The van der Waals surface area contributed by atoms with Gasteiger partial charge in [0, 0.05) is 12.1 Å². The lowest BCUT2D eigenvalue weighted by Gasteiger charge is -2.08. The van der Waals surface area contributed by atoms with Gasteiger partial charge in [0.15, 0.2) is 5.16 Å². The summed E-state index contributed by atoms with van der Waals surface area (Å²) in [6, 6.07) is 25.0. The maximum Gasteiger partial charge on any atom is 0.250 e. The molecule has 0 atom stereocenters. The summed E-state index contributed by atoms with van der Waals surface area (Å²) >= 11 is 1.40. The molecule has 4 rings (SSSR count). The number of aryl methyl sites for hydroxylation is 1. The van der Waals surface area contributed by atoms with Gasteiger partial charge >= 0.3 is 0 Å². The van der Waals surface area contributed by atoms with E-state index in [0.29, 0.717) is 5.75 Å². The second-order valence-corrected chi connectivity index (χ2v) is 7.60. The first-order chi connectivity index (χ1) is 15.2. The van der Waals surface area contributed by atoms with Gasteiger partial charge in [-0.3, -0.25) is 4.79 Å². The number of thioether (sulfide) groups is 1. The average molecular weight is 431 g/mol. The second-order valence-electron chi connectivity index (χ2n) is 6.66. The van der Waals surface area contributed by atoms with E-state index >= 15 is 0 Å². The van der Waals surface area contributed by atoms with Crippen LogP contribution in [0.4, 0.5) is 0 Å². The molecule has 7 heteroatoms. The summed E-state index contributed by atoms with van der Waals surface area (Å²) in [6.45, 7) is 2.86. The van der Waals surface area contributed by atoms with Crippen LogP contribution in [-0.2, 0) is 11.3 Å². The van der Waals surface area contributed by atoms with E-state index in [0.717, 1.165) is 34.0 Å². The lowest BCUT2D eigenvalue weighted by Crippen LogP contribution is -2.20. The second kappa shape index (κ2) is 9.95. The van der Waals surface area contributed by atoms with E-state index < -0.39 is 0 Å². The van der Waals surface area contributed by atoms with Crippen molar-refractivity contribution in [3.63, 3.8) is 0 Å². The third kappa shape index (κ3) is 5.13. The molecule has 0 bridgehead atoms. The van der Waals surface area contributed by atoms with Crippen LogP contribution >= 0.6 is 11.8 Å². The summed E-state index contributed by atoms with van der Waals surface area (Å²) < 4.78 is 8.01. The molecule has 1 heterocycles. The van der Waals surface area contributed by atoms with Gasteiger partial charge in [0.25, 0.3) is 5.91 Å². The van der Waals surface area contributed by atoms with Gasteiger partial charge in [0.2, 0.25) is 0 Å². The van der Waals surface area contributed by atoms with E-state index in [2.05, 4.69) is 27.0 Å². The van der Waals surface area contributed by atoms with Crippen LogP contribution < -0.4 is 10.2 Å². The van der Waals surface area contributed by atoms with Gasteiger partial charge in [-0.05, 0) is 43.3 Å². The summed E-state index contributed by atoms with van der Waals surface area (Å²) in [5.74, 6) is 1.43. The predicted octanol–water partition coefficient (Wildman–Crippen LogP) is 5.09. The Labute approximate surface area is 185 Å². The molecule has 4 aromatic rings. The molecule has 1 amide bonds. The number of amides is 1. The summed E-state index contributed by atoms with van der Waals surface area (Å²) in [4.78, 5) is 16.9. The van der Waals surface area contributed by atoms with Crippen LogP contribution in [0.5, 0.6) is 11.5 Å². The maximum absolute atomic E-state index is 12.3. The largest absolute Gasteiger partial charge is 0.457 e. The number of hydrogen-bond acceptors (Lipinski definition) is 5. The third-order valence-electron chi connectivity index (χ3n) is 4.55. The minimum Gasteiger partial charge on any atom is -0.457 e. The van der Waals surface area contributed by atoms with Crippen LogP contribution in [0.2, 0.25) is 0 Å². The number of carbonyl (C=O) groups excluding carboxylic acids is 1. The topological polar surface area (TPSA) is 68.5 Å². The lowest BCUT2D eigenvalue weighted by molar-refractivity contribution is -0.118. The van der Waals surface area contributed by atoms with E-state index in [4.69, 9.17) is 4.74 Å². The smallest absolute Gasteiger partial charge is 0.250 e. The lowest BCUT2D eigenvalue weighted by atomic mass is 10.2. The predicted molar refractivity (Wildman–Crippen MR) is 125 cm³/mol. The highest BCUT2D eigenvalue weighted by Gasteiger charge is 2.11. The molecule has 0 fully saturated rings. The molecular weight excluding hydrogens is 408 g/mol. The Morgan fingerprint density at radius 3 is 2.65 bits per heavy atom. The molecule has 1 aromatic heterocycles. The zero-order valence-electron chi connectivity index (χ0n) is 17.1. The molecule has 0 aliphatic heterocycles. The molecule has 3 aromatic carbocycles. The van der Waals surface area contributed by atoms with Crippen molar-refractivity contribution in [3.05, 3.63) is 84.4 Å². The molecule has 0 unspecified atom stereocenters. The van der Waals surface area contributed by atoms with Crippen LogP contribution in [0.1, 0.15) is 12.5 Å². The molecular formula is C24H22N4O2S. The van der Waals surface area contributed by atoms with Gasteiger partial charge in [-0.25, -0.2) is 10.4 Å². The molecule has 0 saturated heterocycles. The van der Waals surface area contributed by atoms with Gasteiger partial charge in [-0.15, -0.1) is 0 Å². The molecule has 0 aliphatic carbocycles. The van der Waals surface area contributed by atoms with Crippen molar-refractivity contribution in [1.29, 1.82) is 0 Å². The number of para-hydroxylation sites is 4. The van der Waals surface area contributed by atoms with Crippen LogP contribution in [0.25, 0.3) is 11.0 Å². The van der Waals surface area contributed by atoms with Crippen LogP contribution in [0.3, 0.4) is 0 Å². The Morgan fingerprint density at radius 2 is 1.81 bits per heavy atom. The van der Waals surface area contributed by atoms with Crippen molar-refractivity contribution in [3.8, 4) is 11.5 Å². The van der Waals surface area contributed by atoms with E-state index in [9.17, 15) is 4.79 Å². The van der Waals surface area contributed by atoms with Gasteiger partial charge in [-0.2, -0.15) is 5.10 Å². The van der Waals surface area contributed by atoms with E-state index in [1.54, 1.807) is 6.21 Å². The number of aromatic nitrogens is 2. The van der Waals surface area contributed by atoms with Crippen molar-refractivity contribution in [1.82, 2.24) is 15.0 Å². The quantitative estimate of drug-likeness (QED) is 0.240. The number of benzene rings is 3. The van der Waals surface area contributed by atoms with E-state index in [1.165, 1.54) is 11.8 Å². The highest BCUT2D eigenvalue weighted by atomic mass is 32.2. The Balaban J connectivity index is 1.36. The SMILES string of the molecule is CCn1c(SCC(=O)N/N=C\c2ccccc2Oc2ccccc2)nc2ccccc21. The zero-order chi connectivity index (χ0) is 21.5. The maximum atomic E-state index is 12.3. The number of nitrogens with zero attached hydrogens (tertiary/aromatic N) is 3. The summed E-state index contributed by atoms with van der Waals surface area (Å²) in [7, 11) is 0. The number of rotatable bonds is 8. The molecule has 1 N–H and O–H groups in total. The molecule has 0 radical (unpaired) electrons. The van der Waals surface area contributed by atoms with Gasteiger partial charge in [0.05, 0.1) is 23.0 Å². The molecule has 0 saturated carbocycles. The van der Waals surface area contributed by atoms with Crippen molar-refractivity contribution < 1.29 is 9.53 Å². The first-order valence-electron chi connectivity index (χ1n) is 9.96. The summed E-state index contributed by atoms with van der Waals surface area (Å²) in [5.41, 5.74) is 5.35. The Morgan fingerprint density at radius 1 is 1.06 bits per heavy atom. The molecule has 156 valence electrons. The molecule has 0 aliphatic rings. The fourth-order valence-electron chi connectivity index (χ4n) is 3.10. The normalized spacial score (nSPS) is 11.1. The summed E-state index contributed by atoms with van der Waals surface area (Å²) in [5, 5.41) is 4.92. The minimum absolute atomic E-state index is 0.197. The zero-order valence-corrected chi connectivity index (χ0v) is 17.9. The van der Waals surface area contributed by atoms with Crippen molar-refractivity contribution in [2.45, 2.75) is 18.6 Å². The summed E-state index contributed by atoms with van der Waals surface area (Å²) in [6.07, 6.45) is 1.59. The van der Waals surface area contributed by atoms with Crippen LogP contribution in [-0.4, -0.2) is 27.4 Å². The van der Waals surface area contributed by atoms with Gasteiger partial charge < -0.3 is 9.30 Å². The number of ether oxygens (including phenoxy) is 1. The minimum atomic E-state index is -0.197.